The number of nitrogens with one attached hydrogen (secondary N) is 1. The molecule has 6 nitrogen and oxygen atoms in total. The molecule has 1 saturated heterocycles. The van der Waals surface area contributed by atoms with Crippen LogP contribution in [0.15, 0.2) is 29.3 Å². The summed E-state index contributed by atoms with van der Waals surface area (Å²) in [6.45, 7) is 5.78. The van der Waals surface area contributed by atoms with Crippen LogP contribution in [0, 0.1) is 6.92 Å². The molecule has 0 unspecified atom stereocenters. The number of amides is 1. The van der Waals surface area contributed by atoms with Gasteiger partial charge in [0.1, 0.15) is 11.2 Å². The maximum atomic E-state index is 12.5. The maximum absolute atomic E-state index is 12.5. The molecule has 0 atom stereocenters. The average Bonchev–Trinajstić information content (AvgIpc) is 2.60. The molecule has 24 heavy (non-hydrogen) atoms. The van der Waals surface area contributed by atoms with Crippen molar-refractivity contribution >= 4 is 11.6 Å². The van der Waals surface area contributed by atoms with Crippen LogP contribution in [0.3, 0.4) is 0 Å². The predicted molar refractivity (Wildman–Crippen MR) is 93.4 cm³/mol. The van der Waals surface area contributed by atoms with Crippen LogP contribution in [0.1, 0.15) is 41.6 Å². The van der Waals surface area contributed by atoms with E-state index < -0.39 is 0 Å². The molecule has 3 heterocycles. The topological polar surface area (TPSA) is 66.7 Å². The number of aryl methyl sites for hydroxylation is 1. The SMILES string of the molecule is Cc1ccc2ncc(C(=O)NCCCN3CCCCC3)c(=O)n2c1. The highest BCUT2D eigenvalue weighted by atomic mass is 16.2. The molecule has 0 aliphatic carbocycles. The molecule has 128 valence electrons. The van der Waals surface area contributed by atoms with Gasteiger partial charge in [-0.25, -0.2) is 4.98 Å². The quantitative estimate of drug-likeness (QED) is 0.847. The standard InChI is InChI=1S/C18H24N4O2/c1-14-6-7-16-20-12-15(18(24)22(16)13-14)17(23)19-8-5-11-21-9-3-2-4-10-21/h6-7,12-13H,2-5,8-11H2,1H3,(H,19,23). The van der Waals surface area contributed by atoms with E-state index in [1.54, 1.807) is 12.3 Å². The smallest absolute Gasteiger partial charge is 0.270 e. The summed E-state index contributed by atoms with van der Waals surface area (Å²) in [6.07, 6.45) is 7.83. The van der Waals surface area contributed by atoms with Crippen molar-refractivity contribution in [2.24, 2.45) is 0 Å². The highest BCUT2D eigenvalue weighted by Gasteiger charge is 2.13. The first-order chi connectivity index (χ1) is 11.6. The molecular formula is C18H24N4O2. The van der Waals surface area contributed by atoms with E-state index in [-0.39, 0.29) is 17.0 Å². The van der Waals surface area contributed by atoms with Crippen molar-refractivity contribution in [2.75, 3.05) is 26.2 Å². The fraction of sp³-hybridized carbons (Fsp3) is 0.500. The minimum Gasteiger partial charge on any atom is -0.352 e. The molecule has 0 spiro atoms. The van der Waals surface area contributed by atoms with Crippen molar-refractivity contribution in [1.29, 1.82) is 0 Å². The summed E-state index contributed by atoms with van der Waals surface area (Å²) < 4.78 is 1.43. The average molecular weight is 328 g/mol. The lowest BCUT2D eigenvalue weighted by Gasteiger charge is -2.26. The largest absolute Gasteiger partial charge is 0.352 e. The minimum absolute atomic E-state index is 0.0936. The van der Waals surface area contributed by atoms with Crippen LogP contribution in [0.2, 0.25) is 0 Å². The lowest BCUT2D eigenvalue weighted by Crippen LogP contribution is -2.35. The number of hydrogen-bond acceptors (Lipinski definition) is 4. The van der Waals surface area contributed by atoms with Gasteiger partial charge in [0, 0.05) is 18.9 Å². The Balaban J connectivity index is 1.59. The van der Waals surface area contributed by atoms with Crippen LogP contribution in [-0.4, -0.2) is 46.4 Å². The molecule has 0 bridgehead atoms. The van der Waals surface area contributed by atoms with E-state index in [9.17, 15) is 9.59 Å². The van der Waals surface area contributed by atoms with Gasteiger partial charge in [-0.05, 0) is 57.5 Å². The van der Waals surface area contributed by atoms with E-state index in [4.69, 9.17) is 0 Å². The molecule has 0 radical (unpaired) electrons. The number of carbonyl (C=O) groups is 1. The summed E-state index contributed by atoms with van der Waals surface area (Å²) in [5, 5.41) is 2.84. The van der Waals surface area contributed by atoms with E-state index in [0.29, 0.717) is 12.2 Å². The summed E-state index contributed by atoms with van der Waals surface area (Å²) in [6, 6.07) is 3.67. The van der Waals surface area contributed by atoms with E-state index in [1.165, 1.54) is 29.9 Å². The number of nitrogens with zero attached hydrogens (tertiary/aromatic N) is 3. The van der Waals surface area contributed by atoms with E-state index >= 15 is 0 Å². The number of carbonyl (C=O) groups excluding carboxylic acids is 1. The highest BCUT2D eigenvalue weighted by Crippen LogP contribution is 2.08. The van der Waals surface area contributed by atoms with Gasteiger partial charge in [0.2, 0.25) is 0 Å². The molecule has 0 aromatic carbocycles. The third-order valence-electron chi connectivity index (χ3n) is 4.48. The number of fused-ring (bicyclic) bond motifs is 1. The van der Waals surface area contributed by atoms with Crippen LogP contribution in [-0.2, 0) is 0 Å². The lowest BCUT2D eigenvalue weighted by molar-refractivity contribution is 0.0949. The third-order valence-corrected chi connectivity index (χ3v) is 4.48. The van der Waals surface area contributed by atoms with Gasteiger partial charge in [0.15, 0.2) is 0 Å². The zero-order valence-electron chi connectivity index (χ0n) is 14.1. The predicted octanol–water partition coefficient (Wildman–Crippen LogP) is 1.61. The Morgan fingerprint density at radius 1 is 1.25 bits per heavy atom. The number of hydrogen-bond donors (Lipinski definition) is 1. The van der Waals surface area contributed by atoms with Gasteiger partial charge in [-0.3, -0.25) is 14.0 Å². The van der Waals surface area contributed by atoms with Crippen molar-refractivity contribution in [1.82, 2.24) is 19.6 Å². The van der Waals surface area contributed by atoms with Crippen LogP contribution < -0.4 is 10.9 Å². The monoisotopic (exact) mass is 328 g/mol. The fourth-order valence-electron chi connectivity index (χ4n) is 3.12. The second-order valence-electron chi connectivity index (χ2n) is 6.42. The molecule has 1 aliphatic heterocycles. The lowest BCUT2D eigenvalue weighted by atomic mass is 10.1. The number of aromatic nitrogens is 2. The second-order valence-corrected chi connectivity index (χ2v) is 6.42. The summed E-state index contributed by atoms with van der Waals surface area (Å²) in [5.41, 5.74) is 1.27. The molecule has 1 fully saturated rings. The van der Waals surface area contributed by atoms with Gasteiger partial charge in [-0.15, -0.1) is 0 Å². The van der Waals surface area contributed by atoms with Gasteiger partial charge in [-0.1, -0.05) is 12.5 Å². The first-order valence-electron chi connectivity index (χ1n) is 8.64. The summed E-state index contributed by atoms with van der Waals surface area (Å²) >= 11 is 0. The number of piperidine rings is 1. The van der Waals surface area contributed by atoms with Crippen molar-refractivity contribution in [3.8, 4) is 0 Å². The second kappa shape index (κ2) is 7.57. The molecule has 6 heteroatoms. The van der Waals surface area contributed by atoms with Crippen LogP contribution in [0.5, 0.6) is 0 Å². The third kappa shape index (κ3) is 3.82. The van der Waals surface area contributed by atoms with Gasteiger partial charge in [0.25, 0.3) is 11.5 Å². The summed E-state index contributed by atoms with van der Waals surface area (Å²) in [4.78, 5) is 31.4. The van der Waals surface area contributed by atoms with Crippen molar-refractivity contribution in [3.63, 3.8) is 0 Å². The van der Waals surface area contributed by atoms with E-state index in [0.717, 1.165) is 31.6 Å². The zero-order valence-corrected chi connectivity index (χ0v) is 14.1. The van der Waals surface area contributed by atoms with Crippen molar-refractivity contribution in [2.45, 2.75) is 32.6 Å². The fourth-order valence-corrected chi connectivity index (χ4v) is 3.12. The number of likely N-dealkylation sites (tertiary alicyclic amines) is 1. The maximum Gasteiger partial charge on any atom is 0.270 e. The molecule has 0 saturated carbocycles. The Morgan fingerprint density at radius 3 is 2.83 bits per heavy atom. The molecule has 1 aliphatic rings. The van der Waals surface area contributed by atoms with Gasteiger partial charge in [-0.2, -0.15) is 0 Å². The van der Waals surface area contributed by atoms with Gasteiger partial charge >= 0.3 is 0 Å². The van der Waals surface area contributed by atoms with Crippen LogP contribution in [0.25, 0.3) is 5.65 Å². The molecule has 2 aromatic heterocycles. The highest BCUT2D eigenvalue weighted by molar-refractivity contribution is 5.93. The first kappa shape index (κ1) is 16.6. The molecule has 2 aromatic rings. The van der Waals surface area contributed by atoms with Crippen LogP contribution >= 0.6 is 0 Å². The molecule has 3 rings (SSSR count). The van der Waals surface area contributed by atoms with Gasteiger partial charge in [0.05, 0.1) is 0 Å². The Labute approximate surface area is 141 Å². The Morgan fingerprint density at radius 2 is 2.04 bits per heavy atom. The van der Waals surface area contributed by atoms with Crippen molar-refractivity contribution < 1.29 is 4.79 Å². The zero-order chi connectivity index (χ0) is 16.9. The van der Waals surface area contributed by atoms with E-state index in [1.807, 2.05) is 13.0 Å². The molecule has 1 amide bonds. The minimum atomic E-state index is -0.345. The number of rotatable bonds is 5. The summed E-state index contributed by atoms with van der Waals surface area (Å²) in [7, 11) is 0. The first-order valence-corrected chi connectivity index (χ1v) is 8.64. The Hall–Kier alpha value is -2.21. The Kier molecular flexibility index (Phi) is 5.25. The number of pyridine rings is 1. The van der Waals surface area contributed by atoms with Gasteiger partial charge < -0.3 is 10.2 Å². The molecular weight excluding hydrogens is 304 g/mol. The normalized spacial score (nSPS) is 15.5. The van der Waals surface area contributed by atoms with Crippen molar-refractivity contribution in [3.05, 3.63) is 46.0 Å². The van der Waals surface area contributed by atoms with E-state index in [2.05, 4.69) is 15.2 Å². The Bertz CT molecular complexity index is 778. The molecule has 1 N–H and O–H groups in total. The van der Waals surface area contributed by atoms with Crippen LogP contribution in [0.4, 0.5) is 0 Å². The summed E-state index contributed by atoms with van der Waals surface area (Å²) in [5.74, 6) is -0.345.